The van der Waals surface area contributed by atoms with Crippen LogP contribution in [0.1, 0.15) is 37.3 Å². The van der Waals surface area contributed by atoms with E-state index < -0.39 is 15.8 Å². The summed E-state index contributed by atoms with van der Waals surface area (Å²) in [7, 11) is -1.37. The first-order valence-electron chi connectivity index (χ1n) is 9.28. The molecule has 0 spiro atoms. The van der Waals surface area contributed by atoms with E-state index in [1.807, 2.05) is 0 Å². The van der Waals surface area contributed by atoms with E-state index in [1.54, 1.807) is 7.05 Å². The Morgan fingerprint density at radius 3 is 2.54 bits per heavy atom. The van der Waals surface area contributed by atoms with Crippen molar-refractivity contribution in [2.45, 2.75) is 37.6 Å². The van der Waals surface area contributed by atoms with Gasteiger partial charge in [-0.1, -0.05) is 11.3 Å². The SMILES string of the molecule is CNc1nc(C2CC2)c(-c2nc(NC3CCN(S(C)(=O)=O)CC3)ncc2F)s1. The number of hydrogen-bond acceptors (Lipinski definition) is 8. The van der Waals surface area contributed by atoms with Gasteiger partial charge in [0.1, 0.15) is 5.69 Å². The van der Waals surface area contributed by atoms with E-state index >= 15 is 0 Å². The van der Waals surface area contributed by atoms with E-state index in [0.717, 1.165) is 28.5 Å². The zero-order valence-electron chi connectivity index (χ0n) is 15.8. The van der Waals surface area contributed by atoms with Crippen LogP contribution >= 0.6 is 11.3 Å². The highest BCUT2D eigenvalue weighted by Crippen LogP contribution is 2.47. The normalized spacial score (nSPS) is 19.0. The minimum Gasteiger partial charge on any atom is -0.365 e. The molecule has 8 nitrogen and oxygen atoms in total. The third kappa shape index (κ3) is 4.11. The summed E-state index contributed by atoms with van der Waals surface area (Å²) in [5, 5.41) is 7.01. The van der Waals surface area contributed by atoms with Crippen LogP contribution < -0.4 is 10.6 Å². The van der Waals surface area contributed by atoms with Gasteiger partial charge in [0, 0.05) is 32.1 Å². The Morgan fingerprint density at radius 2 is 1.93 bits per heavy atom. The maximum absolute atomic E-state index is 14.5. The van der Waals surface area contributed by atoms with E-state index in [-0.39, 0.29) is 11.7 Å². The molecular formula is C17H23FN6O2S2. The van der Waals surface area contributed by atoms with Crippen molar-refractivity contribution in [3.05, 3.63) is 17.7 Å². The average molecular weight is 427 g/mol. The van der Waals surface area contributed by atoms with Crippen molar-refractivity contribution in [3.63, 3.8) is 0 Å². The molecule has 11 heteroatoms. The minimum atomic E-state index is -3.16. The summed E-state index contributed by atoms with van der Waals surface area (Å²) in [6.45, 7) is 0.910. The quantitative estimate of drug-likeness (QED) is 0.732. The number of aromatic nitrogens is 3. The Bertz CT molecular complexity index is 968. The molecule has 0 bridgehead atoms. The summed E-state index contributed by atoms with van der Waals surface area (Å²) in [6, 6.07) is 0.0496. The largest absolute Gasteiger partial charge is 0.365 e. The Balaban J connectivity index is 1.53. The van der Waals surface area contributed by atoms with Gasteiger partial charge in [0.25, 0.3) is 0 Å². The van der Waals surface area contributed by atoms with Gasteiger partial charge in [0.2, 0.25) is 16.0 Å². The molecule has 2 fully saturated rings. The number of halogens is 1. The number of piperidine rings is 1. The minimum absolute atomic E-state index is 0.0496. The van der Waals surface area contributed by atoms with Crippen LogP contribution in [0, 0.1) is 5.82 Å². The first-order valence-corrected chi connectivity index (χ1v) is 11.9. The van der Waals surface area contributed by atoms with E-state index in [0.29, 0.717) is 37.8 Å². The number of thiazole rings is 1. The van der Waals surface area contributed by atoms with Crippen molar-refractivity contribution in [1.29, 1.82) is 0 Å². The predicted molar refractivity (Wildman–Crippen MR) is 108 cm³/mol. The van der Waals surface area contributed by atoms with Crippen LogP contribution in [-0.2, 0) is 10.0 Å². The van der Waals surface area contributed by atoms with Crippen LogP contribution in [0.3, 0.4) is 0 Å². The highest BCUT2D eigenvalue weighted by Gasteiger charge is 2.32. The summed E-state index contributed by atoms with van der Waals surface area (Å²) < 4.78 is 39.3. The maximum Gasteiger partial charge on any atom is 0.223 e. The number of hydrogen-bond donors (Lipinski definition) is 2. The number of nitrogens with one attached hydrogen (secondary N) is 2. The van der Waals surface area contributed by atoms with E-state index in [4.69, 9.17) is 0 Å². The fraction of sp³-hybridized carbons (Fsp3) is 0.588. The molecule has 2 aromatic rings. The van der Waals surface area contributed by atoms with Crippen LogP contribution in [0.5, 0.6) is 0 Å². The van der Waals surface area contributed by atoms with Gasteiger partial charge in [-0.2, -0.15) is 0 Å². The lowest BCUT2D eigenvalue weighted by molar-refractivity contribution is 0.331. The number of rotatable bonds is 6. The molecule has 0 aromatic carbocycles. The van der Waals surface area contributed by atoms with Crippen molar-refractivity contribution in [2.24, 2.45) is 0 Å². The van der Waals surface area contributed by atoms with Gasteiger partial charge in [-0.05, 0) is 25.7 Å². The highest BCUT2D eigenvalue weighted by molar-refractivity contribution is 7.88. The molecule has 0 unspecified atom stereocenters. The molecular weight excluding hydrogens is 403 g/mol. The molecule has 0 radical (unpaired) electrons. The lowest BCUT2D eigenvalue weighted by Gasteiger charge is -2.30. The highest BCUT2D eigenvalue weighted by atomic mass is 32.2. The van der Waals surface area contributed by atoms with Crippen molar-refractivity contribution in [2.75, 3.05) is 37.0 Å². The third-order valence-electron chi connectivity index (χ3n) is 5.05. The van der Waals surface area contributed by atoms with E-state index in [2.05, 4.69) is 25.6 Å². The Kier molecular flexibility index (Phi) is 5.23. The number of sulfonamides is 1. The van der Waals surface area contributed by atoms with Crippen molar-refractivity contribution in [3.8, 4) is 10.6 Å². The lowest BCUT2D eigenvalue weighted by Crippen LogP contribution is -2.42. The molecule has 3 heterocycles. The van der Waals surface area contributed by atoms with Gasteiger partial charge in [-0.25, -0.2) is 32.1 Å². The topological polar surface area (TPSA) is 100 Å². The Hall–Kier alpha value is -1.85. The van der Waals surface area contributed by atoms with E-state index in [1.165, 1.54) is 28.1 Å². The van der Waals surface area contributed by atoms with Crippen LogP contribution in [0.15, 0.2) is 6.20 Å². The average Bonchev–Trinajstić information content (AvgIpc) is 3.42. The van der Waals surface area contributed by atoms with Crippen LogP contribution in [-0.4, -0.2) is 60.1 Å². The van der Waals surface area contributed by atoms with Gasteiger partial charge in [-0.3, -0.25) is 0 Å². The molecule has 1 aliphatic carbocycles. The first kappa shape index (κ1) is 19.5. The second-order valence-electron chi connectivity index (χ2n) is 7.23. The van der Waals surface area contributed by atoms with E-state index in [9.17, 15) is 12.8 Å². The summed E-state index contributed by atoms with van der Waals surface area (Å²) in [6.07, 6.45) is 5.85. The fourth-order valence-corrected chi connectivity index (χ4v) is 5.22. The Labute approximate surface area is 167 Å². The molecule has 1 saturated heterocycles. The summed E-state index contributed by atoms with van der Waals surface area (Å²) in [5.41, 5.74) is 1.17. The smallest absolute Gasteiger partial charge is 0.223 e. The van der Waals surface area contributed by atoms with Crippen LogP contribution in [0.2, 0.25) is 0 Å². The van der Waals surface area contributed by atoms with Crippen LogP contribution in [0.25, 0.3) is 10.6 Å². The second-order valence-corrected chi connectivity index (χ2v) is 10.2. The number of anilines is 2. The standard InChI is InChI=1S/C17H23FN6O2S2/c1-19-17-23-13(10-3-4-10)15(27-17)14-12(18)9-20-16(22-14)21-11-5-7-24(8-6-11)28(2,25)26/h9-11H,3-8H2,1-2H3,(H,19,23)(H,20,21,22). The zero-order chi connectivity index (χ0) is 19.9. The first-order chi connectivity index (χ1) is 13.3. The van der Waals surface area contributed by atoms with Crippen molar-refractivity contribution < 1.29 is 12.8 Å². The molecule has 28 heavy (non-hydrogen) atoms. The lowest BCUT2D eigenvalue weighted by atomic mass is 10.1. The second kappa shape index (κ2) is 7.53. The zero-order valence-corrected chi connectivity index (χ0v) is 17.4. The summed E-state index contributed by atoms with van der Waals surface area (Å²) in [5.74, 6) is 0.264. The van der Waals surface area contributed by atoms with Crippen molar-refractivity contribution in [1.82, 2.24) is 19.3 Å². The van der Waals surface area contributed by atoms with Gasteiger partial charge in [0.05, 0.1) is 23.0 Å². The molecule has 4 rings (SSSR count). The molecule has 2 aliphatic rings. The van der Waals surface area contributed by atoms with Gasteiger partial charge in [-0.15, -0.1) is 0 Å². The molecule has 1 saturated carbocycles. The molecule has 2 N–H and O–H groups in total. The van der Waals surface area contributed by atoms with Crippen molar-refractivity contribution >= 4 is 32.4 Å². The van der Waals surface area contributed by atoms with Gasteiger partial charge < -0.3 is 10.6 Å². The fourth-order valence-electron chi connectivity index (χ4n) is 3.35. The van der Waals surface area contributed by atoms with Gasteiger partial charge in [0.15, 0.2) is 10.9 Å². The number of nitrogens with zero attached hydrogens (tertiary/aromatic N) is 4. The monoisotopic (exact) mass is 426 g/mol. The summed E-state index contributed by atoms with van der Waals surface area (Å²) in [4.78, 5) is 13.9. The molecule has 0 amide bonds. The maximum atomic E-state index is 14.5. The molecule has 0 atom stereocenters. The summed E-state index contributed by atoms with van der Waals surface area (Å²) >= 11 is 1.40. The third-order valence-corrected chi connectivity index (χ3v) is 7.45. The molecule has 2 aromatic heterocycles. The molecule has 152 valence electrons. The van der Waals surface area contributed by atoms with Crippen LogP contribution in [0.4, 0.5) is 15.5 Å². The Morgan fingerprint density at radius 1 is 1.21 bits per heavy atom. The molecule has 1 aliphatic heterocycles. The predicted octanol–water partition coefficient (Wildman–Crippen LogP) is 2.49. The van der Waals surface area contributed by atoms with Gasteiger partial charge >= 0.3 is 0 Å².